The number of carbonyl (C=O) groups excluding carboxylic acids is 2. The van der Waals surface area contributed by atoms with E-state index in [1.54, 1.807) is 62.5 Å². The first-order valence-corrected chi connectivity index (χ1v) is 9.52. The van der Waals surface area contributed by atoms with Crippen molar-refractivity contribution in [3.63, 3.8) is 0 Å². The largest absolute Gasteiger partial charge is 0.497 e. The van der Waals surface area contributed by atoms with Gasteiger partial charge in [-0.15, -0.1) is 0 Å². The standard InChI is InChI=1S/C21H23ClN4O3/c1-25(2)19(27)12-15-13-26(24-20(15)14-4-6-16(22)7-5-14)21(28)23-17-8-10-18(29-3)11-9-17/h4-11,15H,12-13H2,1-3H3,(H,23,28). The van der Waals surface area contributed by atoms with Crippen molar-refractivity contribution in [2.45, 2.75) is 6.42 Å². The van der Waals surface area contributed by atoms with Crippen molar-refractivity contribution in [2.75, 3.05) is 33.1 Å². The predicted molar refractivity (Wildman–Crippen MR) is 114 cm³/mol. The lowest BCUT2D eigenvalue weighted by Crippen LogP contribution is -2.33. The zero-order valence-electron chi connectivity index (χ0n) is 16.6. The maximum absolute atomic E-state index is 12.7. The van der Waals surface area contributed by atoms with Crippen LogP contribution in [-0.2, 0) is 4.79 Å². The molecule has 7 nitrogen and oxygen atoms in total. The summed E-state index contributed by atoms with van der Waals surface area (Å²) < 4.78 is 5.13. The molecule has 3 amide bonds. The Hall–Kier alpha value is -3.06. The van der Waals surface area contributed by atoms with E-state index in [-0.39, 0.29) is 24.3 Å². The number of rotatable bonds is 5. The number of carbonyl (C=O) groups is 2. The molecule has 0 fully saturated rings. The van der Waals surface area contributed by atoms with Gasteiger partial charge in [-0.1, -0.05) is 23.7 Å². The molecule has 1 heterocycles. The highest BCUT2D eigenvalue weighted by Gasteiger charge is 2.33. The summed E-state index contributed by atoms with van der Waals surface area (Å²) in [6.45, 7) is 0.319. The van der Waals surface area contributed by atoms with Crippen molar-refractivity contribution in [3.8, 4) is 5.75 Å². The number of urea groups is 1. The molecule has 1 aliphatic heterocycles. The van der Waals surface area contributed by atoms with Crippen LogP contribution in [0.4, 0.5) is 10.5 Å². The molecule has 2 aromatic rings. The normalized spacial score (nSPS) is 15.7. The van der Waals surface area contributed by atoms with Crippen LogP contribution in [0.15, 0.2) is 53.6 Å². The van der Waals surface area contributed by atoms with Gasteiger partial charge in [0.25, 0.3) is 0 Å². The lowest BCUT2D eigenvalue weighted by Gasteiger charge is -2.17. The van der Waals surface area contributed by atoms with Gasteiger partial charge in [0.05, 0.1) is 19.4 Å². The third kappa shape index (κ3) is 5.06. The van der Waals surface area contributed by atoms with Gasteiger partial charge in [-0.3, -0.25) is 4.79 Å². The van der Waals surface area contributed by atoms with E-state index < -0.39 is 0 Å². The van der Waals surface area contributed by atoms with Crippen LogP contribution in [0.3, 0.4) is 0 Å². The van der Waals surface area contributed by atoms with Gasteiger partial charge in [0.15, 0.2) is 0 Å². The Balaban J connectivity index is 1.79. The fraction of sp³-hybridized carbons (Fsp3) is 0.286. The van der Waals surface area contributed by atoms with Crippen molar-refractivity contribution in [2.24, 2.45) is 11.0 Å². The minimum atomic E-state index is -0.360. The van der Waals surface area contributed by atoms with Crippen molar-refractivity contribution in [3.05, 3.63) is 59.1 Å². The number of amides is 3. The molecule has 0 bridgehead atoms. The average molecular weight is 415 g/mol. The highest BCUT2D eigenvalue weighted by atomic mass is 35.5. The molecule has 1 unspecified atom stereocenters. The van der Waals surface area contributed by atoms with Crippen LogP contribution in [0.1, 0.15) is 12.0 Å². The zero-order valence-corrected chi connectivity index (χ0v) is 17.3. The van der Waals surface area contributed by atoms with Gasteiger partial charge in [-0.2, -0.15) is 5.10 Å². The Kier molecular flexibility index (Phi) is 6.39. The van der Waals surface area contributed by atoms with Crippen molar-refractivity contribution in [1.82, 2.24) is 9.91 Å². The summed E-state index contributed by atoms with van der Waals surface area (Å²) in [6, 6.07) is 13.9. The quantitative estimate of drug-likeness (QED) is 0.810. The first kappa shape index (κ1) is 20.7. The molecule has 0 spiro atoms. The monoisotopic (exact) mass is 414 g/mol. The average Bonchev–Trinajstić information content (AvgIpc) is 3.13. The van der Waals surface area contributed by atoms with Crippen molar-refractivity contribution < 1.29 is 14.3 Å². The molecule has 0 aliphatic carbocycles. The molecule has 3 rings (SSSR count). The van der Waals surface area contributed by atoms with Gasteiger partial charge < -0.3 is 15.0 Å². The van der Waals surface area contributed by atoms with Gasteiger partial charge in [0, 0.05) is 37.1 Å². The summed E-state index contributed by atoms with van der Waals surface area (Å²) in [5.74, 6) is 0.483. The smallest absolute Gasteiger partial charge is 0.342 e. The number of hydrazone groups is 1. The van der Waals surface area contributed by atoms with E-state index in [0.29, 0.717) is 28.7 Å². The van der Waals surface area contributed by atoms with Crippen LogP contribution in [0.2, 0.25) is 5.02 Å². The molecule has 29 heavy (non-hydrogen) atoms. The SMILES string of the molecule is COc1ccc(NC(=O)N2CC(CC(=O)N(C)C)C(c3ccc(Cl)cc3)=N2)cc1. The molecule has 0 aromatic heterocycles. The molecular formula is C21H23ClN4O3. The Morgan fingerprint density at radius 1 is 1.17 bits per heavy atom. The Bertz CT molecular complexity index is 911. The summed E-state index contributed by atoms with van der Waals surface area (Å²) in [5.41, 5.74) is 2.17. The molecular weight excluding hydrogens is 392 g/mol. The number of benzene rings is 2. The van der Waals surface area contributed by atoms with E-state index >= 15 is 0 Å². The molecule has 2 aromatic carbocycles. The number of nitrogens with one attached hydrogen (secondary N) is 1. The van der Waals surface area contributed by atoms with Crippen LogP contribution in [0, 0.1) is 5.92 Å². The van der Waals surface area contributed by atoms with Crippen molar-refractivity contribution >= 4 is 34.9 Å². The van der Waals surface area contributed by atoms with E-state index in [2.05, 4.69) is 10.4 Å². The maximum Gasteiger partial charge on any atom is 0.342 e. The fourth-order valence-corrected chi connectivity index (χ4v) is 3.13. The fourth-order valence-electron chi connectivity index (χ4n) is 3.01. The van der Waals surface area contributed by atoms with Gasteiger partial charge in [0.2, 0.25) is 5.91 Å². The number of hydrogen-bond donors (Lipinski definition) is 1. The lowest BCUT2D eigenvalue weighted by atomic mass is 9.94. The molecule has 1 aliphatic rings. The summed E-state index contributed by atoms with van der Waals surface area (Å²) in [4.78, 5) is 26.5. The van der Waals surface area contributed by atoms with Crippen LogP contribution < -0.4 is 10.1 Å². The van der Waals surface area contributed by atoms with E-state index in [1.807, 2.05) is 12.1 Å². The predicted octanol–water partition coefficient (Wildman–Crippen LogP) is 3.69. The van der Waals surface area contributed by atoms with E-state index in [4.69, 9.17) is 16.3 Å². The number of nitrogens with zero attached hydrogens (tertiary/aromatic N) is 3. The van der Waals surface area contributed by atoms with Crippen LogP contribution in [0.5, 0.6) is 5.75 Å². The summed E-state index contributed by atoms with van der Waals surface area (Å²) in [6.07, 6.45) is 0.265. The molecule has 152 valence electrons. The van der Waals surface area contributed by atoms with E-state index in [1.165, 1.54) is 5.01 Å². The van der Waals surface area contributed by atoms with Crippen LogP contribution in [-0.4, -0.2) is 55.3 Å². The minimum absolute atomic E-state index is 0.0194. The van der Waals surface area contributed by atoms with E-state index in [9.17, 15) is 9.59 Å². The Labute approximate surface area is 174 Å². The van der Waals surface area contributed by atoms with Gasteiger partial charge in [-0.25, -0.2) is 9.80 Å². The summed E-state index contributed by atoms with van der Waals surface area (Å²) in [5, 5.41) is 9.31. The number of halogens is 1. The summed E-state index contributed by atoms with van der Waals surface area (Å²) in [7, 11) is 5.01. The Morgan fingerprint density at radius 2 is 1.83 bits per heavy atom. The first-order valence-electron chi connectivity index (χ1n) is 9.14. The maximum atomic E-state index is 12.7. The number of methoxy groups -OCH3 is 1. The molecule has 0 radical (unpaired) electrons. The second kappa shape index (κ2) is 8.96. The number of hydrogen-bond acceptors (Lipinski definition) is 4. The zero-order chi connectivity index (χ0) is 21.0. The number of anilines is 1. The molecule has 1 atom stereocenters. The second-order valence-corrected chi connectivity index (χ2v) is 7.36. The van der Waals surface area contributed by atoms with Gasteiger partial charge in [0.1, 0.15) is 5.75 Å². The van der Waals surface area contributed by atoms with E-state index in [0.717, 1.165) is 5.56 Å². The molecule has 1 N–H and O–H groups in total. The first-order chi connectivity index (χ1) is 13.9. The molecule has 8 heteroatoms. The number of ether oxygens (including phenoxy) is 1. The Morgan fingerprint density at radius 3 is 2.41 bits per heavy atom. The van der Waals surface area contributed by atoms with Gasteiger partial charge in [-0.05, 0) is 42.0 Å². The lowest BCUT2D eigenvalue weighted by molar-refractivity contribution is -0.129. The van der Waals surface area contributed by atoms with Crippen LogP contribution >= 0.6 is 11.6 Å². The summed E-state index contributed by atoms with van der Waals surface area (Å²) >= 11 is 5.99. The minimum Gasteiger partial charge on any atom is -0.497 e. The molecule has 0 saturated carbocycles. The van der Waals surface area contributed by atoms with Crippen LogP contribution in [0.25, 0.3) is 0 Å². The topological polar surface area (TPSA) is 74.2 Å². The molecule has 0 saturated heterocycles. The highest BCUT2D eigenvalue weighted by Crippen LogP contribution is 2.25. The van der Waals surface area contributed by atoms with Crippen molar-refractivity contribution in [1.29, 1.82) is 0 Å². The highest BCUT2D eigenvalue weighted by molar-refractivity contribution is 6.30. The third-order valence-electron chi connectivity index (χ3n) is 4.64. The van der Waals surface area contributed by atoms with Gasteiger partial charge >= 0.3 is 6.03 Å². The second-order valence-electron chi connectivity index (χ2n) is 6.92. The third-order valence-corrected chi connectivity index (χ3v) is 4.90.